The Morgan fingerprint density at radius 1 is 0.893 bits per heavy atom. The van der Waals surface area contributed by atoms with Crippen LogP contribution in [0.2, 0.25) is 0 Å². The minimum Gasteiger partial charge on any atom is -0.504 e. The summed E-state index contributed by atoms with van der Waals surface area (Å²) < 4.78 is 0. The fraction of sp³-hybridized carbons (Fsp3) is 0.0952. The van der Waals surface area contributed by atoms with Crippen LogP contribution in [0.25, 0.3) is 16.7 Å². The molecule has 0 aliphatic rings. The first-order valence-electron chi connectivity index (χ1n) is 8.80. The van der Waals surface area contributed by atoms with Crippen LogP contribution in [0.1, 0.15) is 11.1 Å². The van der Waals surface area contributed by atoms with Gasteiger partial charge < -0.3 is 15.7 Å². The second kappa shape index (κ2) is 7.03. The van der Waals surface area contributed by atoms with E-state index in [1.165, 1.54) is 4.80 Å². The van der Waals surface area contributed by atoms with Crippen molar-refractivity contribution in [3.8, 4) is 11.4 Å². The summed E-state index contributed by atoms with van der Waals surface area (Å²) in [5, 5.41) is 25.0. The maximum absolute atomic E-state index is 12.3. The van der Waals surface area contributed by atoms with Gasteiger partial charge in [0.2, 0.25) is 0 Å². The molecule has 0 saturated carbocycles. The second-order valence-corrected chi connectivity index (χ2v) is 6.61. The first-order valence-corrected chi connectivity index (χ1v) is 8.80. The van der Waals surface area contributed by atoms with Crippen LogP contribution in [0.3, 0.4) is 0 Å². The van der Waals surface area contributed by atoms with E-state index in [1.807, 2.05) is 50.2 Å². The highest BCUT2D eigenvalue weighted by atomic mass is 16.3. The van der Waals surface area contributed by atoms with Crippen LogP contribution in [-0.4, -0.2) is 26.1 Å². The number of para-hydroxylation sites is 1. The summed E-state index contributed by atoms with van der Waals surface area (Å²) in [6.07, 6.45) is 0. The summed E-state index contributed by atoms with van der Waals surface area (Å²) >= 11 is 0. The zero-order chi connectivity index (χ0) is 19.7. The number of hydrogen-bond donors (Lipinski definition) is 3. The van der Waals surface area contributed by atoms with Crippen molar-refractivity contribution in [3.05, 3.63) is 71.8 Å². The van der Waals surface area contributed by atoms with Crippen molar-refractivity contribution >= 4 is 28.4 Å². The van der Waals surface area contributed by atoms with Crippen LogP contribution < -0.4 is 10.6 Å². The van der Waals surface area contributed by atoms with Gasteiger partial charge in [0, 0.05) is 5.69 Å². The second-order valence-electron chi connectivity index (χ2n) is 6.61. The molecule has 0 radical (unpaired) electrons. The number of aryl methyl sites for hydroxylation is 2. The predicted molar refractivity (Wildman–Crippen MR) is 109 cm³/mol. The summed E-state index contributed by atoms with van der Waals surface area (Å²) in [5.74, 6) is -0.106. The summed E-state index contributed by atoms with van der Waals surface area (Å²) in [7, 11) is 0. The van der Waals surface area contributed by atoms with Gasteiger partial charge in [0.15, 0.2) is 5.75 Å². The van der Waals surface area contributed by atoms with Gasteiger partial charge >= 0.3 is 6.03 Å². The zero-order valence-corrected chi connectivity index (χ0v) is 15.5. The van der Waals surface area contributed by atoms with Gasteiger partial charge in [0.1, 0.15) is 16.7 Å². The molecule has 0 saturated heterocycles. The molecule has 7 heteroatoms. The van der Waals surface area contributed by atoms with Gasteiger partial charge in [-0.2, -0.15) is 0 Å². The first-order chi connectivity index (χ1) is 13.5. The molecule has 4 aromatic rings. The Balaban J connectivity index is 1.66. The largest absolute Gasteiger partial charge is 0.504 e. The molecule has 1 aromatic heterocycles. The Hall–Kier alpha value is -3.87. The maximum Gasteiger partial charge on any atom is 0.323 e. The van der Waals surface area contributed by atoms with Crippen LogP contribution in [0.5, 0.6) is 5.75 Å². The molecule has 0 spiro atoms. The van der Waals surface area contributed by atoms with Crippen LogP contribution in [0.4, 0.5) is 16.2 Å². The van der Waals surface area contributed by atoms with Crippen LogP contribution >= 0.6 is 0 Å². The van der Waals surface area contributed by atoms with E-state index in [1.54, 1.807) is 24.3 Å². The third kappa shape index (κ3) is 3.50. The smallest absolute Gasteiger partial charge is 0.323 e. The molecule has 0 aliphatic heterocycles. The van der Waals surface area contributed by atoms with Crippen molar-refractivity contribution in [1.82, 2.24) is 15.0 Å². The van der Waals surface area contributed by atoms with E-state index >= 15 is 0 Å². The number of phenolic OH excluding ortho intramolecular Hbond substituents is 1. The third-order valence-electron chi connectivity index (χ3n) is 4.27. The van der Waals surface area contributed by atoms with E-state index in [0.717, 1.165) is 22.2 Å². The molecule has 3 N–H and O–H groups in total. The van der Waals surface area contributed by atoms with E-state index in [2.05, 4.69) is 20.8 Å². The van der Waals surface area contributed by atoms with E-state index in [-0.39, 0.29) is 11.4 Å². The van der Waals surface area contributed by atoms with Gasteiger partial charge in [-0.05, 0) is 61.4 Å². The number of nitrogens with zero attached hydrogens (tertiary/aromatic N) is 3. The number of phenols is 1. The third-order valence-corrected chi connectivity index (χ3v) is 4.27. The molecule has 4 rings (SSSR count). The topological polar surface area (TPSA) is 92.1 Å². The van der Waals surface area contributed by atoms with Gasteiger partial charge in [-0.15, -0.1) is 15.0 Å². The number of fused-ring (bicyclic) bond motifs is 1. The molecular weight excluding hydrogens is 354 g/mol. The molecule has 7 nitrogen and oxygen atoms in total. The number of benzene rings is 3. The van der Waals surface area contributed by atoms with Crippen molar-refractivity contribution in [2.75, 3.05) is 10.6 Å². The van der Waals surface area contributed by atoms with Gasteiger partial charge in [0.05, 0.1) is 5.69 Å². The molecule has 0 aliphatic carbocycles. The summed E-state index contributed by atoms with van der Waals surface area (Å²) in [6, 6.07) is 17.9. The predicted octanol–water partition coefficient (Wildman–Crippen LogP) is 4.39. The minimum absolute atomic E-state index is 0.106. The van der Waals surface area contributed by atoms with E-state index in [4.69, 9.17) is 0 Å². The van der Waals surface area contributed by atoms with E-state index in [9.17, 15) is 9.90 Å². The number of amides is 2. The standard InChI is InChI=1S/C21H19N5O2/c1-13-8-9-16-17(10-13)25-26(24-16)19-12-14(2)11-18(20(19)27)23-21(28)22-15-6-4-3-5-7-15/h3-12,27H,1-2H3,(H2,22,23,28). The highest BCUT2D eigenvalue weighted by Gasteiger charge is 2.15. The SMILES string of the molecule is Cc1cc(NC(=O)Nc2ccccc2)c(O)c(-n2nc3ccc(C)cc3n2)c1. The lowest BCUT2D eigenvalue weighted by atomic mass is 10.1. The molecule has 140 valence electrons. The van der Waals surface area contributed by atoms with Crippen LogP contribution in [0.15, 0.2) is 60.7 Å². The normalized spacial score (nSPS) is 10.8. The molecule has 0 bridgehead atoms. The molecule has 2 amide bonds. The van der Waals surface area contributed by atoms with Crippen LogP contribution in [0, 0.1) is 13.8 Å². The number of nitrogens with one attached hydrogen (secondary N) is 2. The minimum atomic E-state index is -0.452. The number of anilines is 2. The first kappa shape index (κ1) is 17.5. The zero-order valence-electron chi connectivity index (χ0n) is 15.5. The lowest BCUT2D eigenvalue weighted by Crippen LogP contribution is -2.19. The monoisotopic (exact) mass is 373 g/mol. The van der Waals surface area contributed by atoms with Gasteiger partial charge in [0.25, 0.3) is 0 Å². The highest BCUT2D eigenvalue weighted by molar-refractivity contribution is 6.01. The average molecular weight is 373 g/mol. The average Bonchev–Trinajstić information content (AvgIpc) is 3.08. The van der Waals surface area contributed by atoms with Crippen molar-refractivity contribution in [1.29, 1.82) is 0 Å². The number of carbonyl (C=O) groups excluding carboxylic acids is 1. The van der Waals surface area contributed by atoms with Gasteiger partial charge in [-0.1, -0.05) is 24.3 Å². The maximum atomic E-state index is 12.3. The Morgan fingerprint density at radius 3 is 2.43 bits per heavy atom. The number of urea groups is 1. The van der Waals surface area contributed by atoms with Crippen molar-refractivity contribution in [2.45, 2.75) is 13.8 Å². The van der Waals surface area contributed by atoms with Gasteiger partial charge in [-0.3, -0.25) is 0 Å². The quantitative estimate of drug-likeness (QED) is 0.465. The summed E-state index contributed by atoms with van der Waals surface area (Å²) in [4.78, 5) is 13.7. The fourth-order valence-corrected chi connectivity index (χ4v) is 2.95. The molecule has 28 heavy (non-hydrogen) atoms. The Labute approximate surface area is 161 Å². The molecule has 0 unspecified atom stereocenters. The lowest BCUT2D eigenvalue weighted by molar-refractivity contribution is 0.262. The van der Waals surface area contributed by atoms with Gasteiger partial charge in [-0.25, -0.2) is 4.79 Å². The van der Waals surface area contributed by atoms with Crippen molar-refractivity contribution in [2.24, 2.45) is 0 Å². The van der Waals surface area contributed by atoms with Crippen LogP contribution in [-0.2, 0) is 0 Å². The Kier molecular flexibility index (Phi) is 4.41. The number of aromatic nitrogens is 3. The number of carbonyl (C=O) groups is 1. The molecule has 0 fully saturated rings. The summed E-state index contributed by atoms with van der Waals surface area (Å²) in [5.41, 5.74) is 4.71. The molecular formula is C21H19N5O2. The number of aromatic hydroxyl groups is 1. The fourth-order valence-electron chi connectivity index (χ4n) is 2.95. The van der Waals surface area contributed by atoms with Crippen molar-refractivity contribution in [3.63, 3.8) is 0 Å². The highest BCUT2D eigenvalue weighted by Crippen LogP contribution is 2.32. The molecule has 1 heterocycles. The Bertz CT molecular complexity index is 1170. The summed E-state index contributed by atoms with van der Waals surface area (Å²) in [6.45, 7) is 3.85. The van der Waals surface area contributed by atoms with Crippen molar-refractivity contribution < 1.29 is 9.90 Å². The number of hydrogen-bond acceptors (Lipinski definition) is 4. The molecule has 0 atom stereocenters. The Morgan fingerprint density at radius 2 is 1.64 bits per heavy atom. The molecule has 3 aromatic carbocycles. The lowest BCUT2D eigenvalue weighted by Gasteiger charge is -2.12. The van der Waals surface area contributed by atoms with E-state index < -0.39 is 6.03 Å². The number of rotatable bonds is 3. The van der Waals surface area contributed by atoms with E-state index in [0.29, 0.717) is 11.4 Å².